The molecule has 2 aromatic rings. The maximum absolute atomic E-state index is 5.93. The van der Waals surface area contributed by atoms with Gasteiger partial charge in [0, 0.05) is 23.3 Å². The van der Waals surface area contributed by atoms with E-state index in [1.54, 1.807) is 0 Å². The van der Waals surface area contributed by atoms with Crippen molar-refractivity contribution in [1.29, 1.82) is 0 Å². The van der Waals surface area contributed by atoms with Crippen molar-refractivity contribution in [3.63, 3.8) is 0 Å². The van der Waals surface area contributed by atoms with E-state index in [1.807, 2.05) is 30.5 Å². The first-order valence-electron chi connectivity index (χ1n) is 5.74. The van der Waals surface area contributed by atoms with Gasteiger partial charge in [0.25, 0.3) is 0 Å². The summed E-state index contributed by atoms with van der Waals surface area (Å²) in [6.45, 7) is 0. The molecule has 0 radical (unpaired) electrons. The van der Waals surface area contributed by atoms with Crippen LogP contribution in [-0.2, 0) is 0 Å². The Kier molecular flexibility index (Phi) is 2.17. The Balaban J connectivity index is 2.06. The molecule has 1 fully saturated rings. The van der Waals surface area contributed by atoms with Crippen LogP contribution in [0.3, 0.4) is 0 Å². The minimum atomic E-state index is 0.619. The standard InChI is InChI=1S/C13H15N3/c14-11-6-7-12(16-9-3-1-4-9)13-10(11)5-2-8-15-13/h2,5-9,16H,1,3-4,14H2. The van der Waals surface area contributed by atoms with E-state index < -0.39 is 0 Å². The normalized spacial score (nSPS) is 16.0. The molecule has 3 nitrogen and oxygen atoms in total. The number of rotatable bonds is 2. The van der Waals surface area contributed by atoms with E-state index in [1.165, 1.54) is 19.3 Å². The van der Waals surface area contributed by atoms with E-state index in [4.69, 9.17) is 5.73 Å². The van der Waals surface area contributed by atoms with Crippen molar-refractivity contribution in [2.75, 3.05) is 11.1 Å². The highest BCUT2D eigenvalue weighted by Gasteiger charge is 2.18. The van der Waals surface area contributed by atoms with Gasteiger partial charge in [-0.05, 0) is 43.5 Å². The van der Waals surface area contributed by atoms with Gasteiger partial charge < -0.3 is 11.1 Å². The maximum atomic E-state index is 5.93. The Morgan fingerprint density at radius 1 is 1.25 bits per heavy atom. The molecule has 0 spiro atoms. The summed E-state index contributed by atoms with van der Waals surface area (Å²) in [7, 11) is 0. The molecule has 0 aliphatic heterocycles. The Labute approximate surface area is 94.7 Å². The van der Waals surface area contributed by atoms with Crippen molar-refractivity contribution >= 4 is 22.3 Å². The van der Waals surface area contributed by atoms with Gasteiger partial charge in [-0.2, -0.15) is 0 Å². The van der Waals surface area contributed by atoms with Gasteiger partial charge in [-0.15, -0.1) is 0 Å². The van der Waals surface area contributed by atoms with Crippen LogP contribution in [0, 0.1) is 0 Å². The molecule has 1 saturated carbocycles. The lowest BCUT2D eigenvalue weighted by molar-refractivity contribution is 0.446. The van der Waals surface area contributed by atoms with Crippen LogP contribution in [0.4, 0.5) is 11.4 Å². The molecule has 3 N–H and O–H groups in total. The quantitative estimate of drug-likeness (QED) is 0.754. The first-order valence-corrected chi connectivity index (χ1v) is 5.74. The van der Waals surface area contributed by atoms with Crippen molar-refractivity contribution in [3.05, 3.63) is 30.5 Å². The third-order valence-electron chi connectivity index (χ3n) is 3.27. The molecule has 1 aliphatic carbocycles. The monoisotopic (exact) mass is 213 g/mol. The molecule has 1 aromatic carbocycles. The second-order valence-electron chi connectivity index (χ2n) is 4.37. The van der Waals surface area contributed by atoms with E-state index in [0.717, 1.165) is 22.3 Å². The minimum Gasteiger partial charge on any atom is -0.398 e. The number of hydrogen-bond acceptors (Lipinski definition) is 3. The van der Waals surface area contributed by atoms with Gasteiger partial charge in [-0.1, -0.05) is 0 Å². The predicted molar refractivity (Wildman–Crippen MR) is 67.4 cm³/mol. The number of pyridine rings is 1. The van der Waals surface area contributed by atoms with Crippen LogP contribution in [0.2, 0.25) is 0 Å². The summed E-state index contributed by atoms with van der Waals surface area (Å²) < 4.78 is 0. The number of nitrogen functional groups attached to an aromatic ring is 1. The molecule has 1 heterocycles. The second-order valence-corrected chi connectivity index (χ2v) is 4.37. The summed E-state index contributed by atoms with van der Waals surface area (Å²) in [5, 5.41) is 4.56. The highest BCUT2D eigenvalue weighted by molar-refractivity contribution is 5.98. The zero-order valence-corrected chi connectivity index (χ0v) is 9.11. The third-order valence-corrected chi connectivity index (χ3v) is 3.27. The zero-order valence-electron chi connectivity index (χ0n) is 9.11. The van der Waals surface area contributed by atoms with Crippen molar-refractivity contribution in [3.8, 4) is 0 Å². The summed E-state index contributed by atoms with van der Waals surface area (Å²) in [4.78, 5) is 4.41. The van der Waals surface area contributed by atoms with Crippen molar-refractivity contribution in [1.82, 2.24) is 4.98 Å². The van der Waals surface area contributed by atoms with E-state index in [0.29, 0.717) is 6.04 Å². The van der Waals surface area contributed by atoms with Crippen molar-refractivity contribution in [2.24, 2.45) is 0 Å². The number of hydrogen-bond donors (Lipinski definition) is 2. The molecule has 0 atom stereocenters. The van der Waals surface area contributed by atoms with E-state index in [-0.39, 0.29) is 0 Å². The molecule has 16 heavy (non-hydrogen) atoms. The molecule has 3 rings (SSSR count). The second kappa shape index (κ2) is 3.67. The van der Waals surface area contributed by atoms with Gasteiger partial charge in [-0.3, -0.25) is 4.98 Å². The topological polar surface area (TPSA) is 50.9 Å². The molecular weight excluding hydrogens is 198 g/mol. The minimum absolute atomic E-state index is 0.619. The lowest BCUT2D eigenvalue weighted by Crippen LogP contribution is -2.27. The van der Waals surface area contributed by atoms with Gasteiger partial charge in [-0.25, -0.2) is 0 Å². The Hall–Kier alpha value is -1.77. The van der Waals surface area contributed by atoms with Crippen molar-refractivity contribution in [2.45, 2.75) is 25.3 Å². The molecule has 1 aliphatic rings. The molecule has 0 bridgehead atoms. The van der Waals surface area contributed by atoms with Gasteiger partial charge in [0.2, 0.25) is 0 Å². The fourth-order valence-corrected chi connectivity index (χ4v) is 2.08. The molecule has 1 aromatic heterocycles. The summed E-state index contributed by atoms with van der Waals surface area (Å²) in [5.74, 6) is 0. The number of nitrogens with one attached hydrogen (secondary N) is 1. The van der Waals surface area contributed by atoms with Crippen LogP contribution in [0.25, 0.3) is 10.9 Å². The van der Waals surface area contributed by atoms with Gasteiger partial charge in [0.05, 0.1) is 11.2 Å². The summed E-state index contributed by atoms with van der Waals surface area (Å²) in [6.07, 6.45) is 5.67. The summed E-state index contributed by atoms with van der Waals surface area (Å²) in [6, 6.07) is 8.54. The number of nitrogens with zero attached hydrogens (tertiary/aromatic N) is 1. The Morgan fingerprint density at radius 2 is 2.12 bits per heavy atom. The molecule has 82 valence electrons. The molecular formula is C13H15N3. The number of fused-ring (bicyclic) bond motifs is 1. The average Bonchev–Trinajstić information content (AvgIpc) is 2.26. The SMILES string of the molecule is Nc1ccc(NC2CCC2)c2ncccc12. The lowest BCUT2D eigenvalue weighted by Gasteiger charge is -2.28. The van der Waals surface area contributed by atoms with Crippen LogP contribution >= 0.6 is 0 Å². The highest BCUT2D eigenvalue weighted by atomic mass is 14.9. The predicted octanol–water partition coefficient (Wildman–Crippen LogP) is 2.78. The van der Waals surface area contributed by atoms with Crippen LogP contribution < -0.4 is 11.1 Å². The van der Waals surface area contributed by atoms with E-state index in [2.05, 4.69) is 10.3 Å². The van der Waals surface area contributed by atoms with Crippen LogP contribution in [0.5, 0.6) is 0 Å². The molecule has 0 amide bonds. The van der Waals surface area contributed by atoms with Gasteiger partial charge >= 0.3 is 0 Å². The van der Waals surface area contributed by atoms with E-state index >= 15 is 0 Å². The summed E-state index contributed by atoms with van der Waals surface area (Å²) in [5.41, 5.74) is 8.82. The average molecular weight is 213 g/mol. The molecule has 0 saturated heterocycles. The molecule has 3 heteroatoms. The fourth-order valence-electron chi connectivity index (χ4n) is 2.08. The number of anilines is 2. The summed E-state index contributed by atoms with van der Waals surface area (Å²) >= 11 is 0. The number of aromatic nitrogens is 1. The van der Waals surface area contributed by atoms with Gasteiger partial charge in [0.15, 0.2) is 0 Å². The first-order chi connectivity index (χ1) is 7.84. The Morgan fingerprint density at radius 3 is 2.88 bits per heavy atom. The highest BCUT2D eigenvalue weighted by Crippen LogP contribution is 2.30. The van der Waals surface area contributed by atoms with Crippen LogP contribution in [0.15, 0.2) is 30.5 Å². The smallest absolute Gasteiger partial charge is 0.0953 e. The molecule has 0 unspecified atom stereocenters. The van der Waals surface area contributed by atoms with E-state index in [9.17, 15) is 0 Å². The van der Waals surface area contributed by atoms with Crippen LogP contribution in [0.1, 0.15) is 19.3 Å². The number of benzene rings is 1. The fraction of sp³-hybridized carbons (Fsp3) is 0.308. The number of nitrogens with two attached hydrogens (primary N) is 1. The largest absolute Gasteiger partial charge is 0.398 e. The Bertz CT molecular complexity index is 518. The first kappa shape index (κ1) is 9.46. The third kappa shape index (κ3) is 1.48. The lowest BCUT2D eigenvalue weighted by atomic mass is 9.93. The van der Waals surface area contributed by atoms with Crippen LogP contribution in [-0.4, -0.2) is 11.0 Å². The maximum Gasteiger partial charge on any atom is 0.0953 e. The van der Waals surface area contributed by atoms with Gasteiger partial charge in [0.1, 0.15) is 0 Å². The zero-order chi connectivity index (χ0) is 11.0. The van der Waals surface area contributed by atoms with Crippen molar-refractivity contribution < 1.29 is 0 Å².